The zero-order valence-electron chi connectivity index (χ0n) is 12.0. The van der Waals surface area contributed by atoms with Gasteiger partial charge >= 0.3 is 18.5 Å². The van der Waals surface area contributed by atoms with Gasteiger partial charge in [0, 0.05) is 0 Å². The molecule has 2 rings (SSSR count). The molecule has 26 heavy (non-hydrogen) atoms. The smallest absolute Gasteiger partial charge is 0.383 e. The Balaban J connectivity index is 2.43. The first kappa shape index (κ1) is 20.2. The number of aliphatic hydroxyl groups excluding tert-OH is 2. The van der Waals surface area contributed by atoms with Crippen molar-refractivity contribution in [3.63, 3.8) is 0 Å². The van der Waals surface area contributed by atoms with Crippen molar-refractivity contribution >= 4 is 11.4 Å². The third kappa shape index (κ3) is 3.82. The lowest BCUT2D eigenvalue weighted by molar-refractivity contribution is -0.221. The zero-order valence-corrected chi connectivity index (χ0v) is 12.0. The number of anilines is 1. The van der Waals surface area contributed by atoms with E-state index in [0.29, 0.717) is 12.4 Å². The van der Waals surface area contributed by atoms with Crippen LogP contribution in [0.1, 0.15) is 5.82 Å². The van der Waals surface area contributed by atoms with E-state index >= 15 is 0 Å². The highest BCUT2D eigenvalue weighted by molar-refractivity contribution is 5.95. The van der Waals surface area contributed by atoms with Gasteiger partial charge in [0.2, 0.25) is 5.82 Å². The van der Waals surface area contributed by atoms with E-state index in [1.54, 1.807) is 0 Å². The Morgan fingerprint density at radius 3 is 1.81 bits per heavy atom. The van der Waals surface area contributed by atoms with E-state index in [4.69, 9.17) is 5.11 Å². The molecule has 1 aromatic heterocycles. The summed E-state index contributed by atoms with van der Waals surface area (Å²) in [6.07, 6.45) is -21.6. The van der Waals surface area contributed by atoms with Crippen LogP contribution in [0.25, 0.3) is 0 Å². The molecule has 0 aliphatic carbocycles. The summed E-state index contributed by atoms with van der Waals surface area (Å²) in [5.74, 6) is -4.61. The number of hydrogen-bond donors (Lipinski definition) is 2. The molecule has 3 unspecified atom stereocenters. The Kier molecular flexibility index (Phi) is 4.82. The van der Waals surface area contributed by atoms with E-state index < -0.39 is 54.0 Å². The molecule has 3 atom stereocenters. The van der Waals surface area contributed by atoms with Gasteiger partial charge < -0.3 is 10.2 Å². The minimum absolute atomic E-state index is 0.0530. The third-order valence-electron chi connectivity index (χ3n) is 3.23. The fourth-order valence-corrected chi connectivity index (χ4v) is 2.09. The molecule has 0 amide bonds. The molecule has 0 saturated carbocycles. The number of nitrogens with zero attached hydrogens (tertiary/aromatic N) is 4. The number of halogens is 9. The van der Waals surface area contributed by atoms with Crippen LogP contribution in [0.4, 0.5) is 45.2 Å². The van der Waals surface area contributed by atoms with Gasteiger partial charge in [0.15, 0.2) is 18.0 Å². The lowest BCUT2D eigenvalue weighted by Crippen LogP contribution is -2.49. The highest BCUT2D eigenvalue weighted by atomic mass is 19.4. The van der Waals surface area contributed by atoms with Gasteiger partial charge in [-0.1, -0.05) is 0 Å². The summed E-state index contributed by atoms with van der Waals surface area (Å²) < 4.78 is 114. The fraction of sp³-hybridized carbons (Fsp3) is 0.545. The lowest BCUT2D eigenvalue weighted by Gasteiger charge is -2.27. The van der Waals surface area contributed by atoms with Crippen molar-refractivity contribution in [1.29, 1.82) is 0 Å². The first-order valence-corrected chi connectivity index (χ1v) is 6.41. The predicted molar refractivity (Wildman–Crippen MR) is 64.6 cm³/mol. The van der Waals surface area contributed by atoms with Gasteiger partial charge in [-0.25, -0.2) is 15.0 Å². The second kappa shape index (κ2) is 6.22. The largest absolute Gasteiger partial charge is 0.451 e. The molecule has 0 bridgehead atoms. The van der Waals surface area contributed by atoms with Crippen molar-refractivity contribution < 1.29 is 49.7 Å². The van der Waals surface area contributed by atoms with E-state index in [-0.39, 0.29) is 5.01 Å². The van der Waals surface area contributed by atoms with Gasteiger partial charge in [-0.3, -0.25) is 0 Å². The first-order chi connectivity index (χ1) is 11.6. The Bertz CT molecular complexity index is 683. The van der Waals surface area contributed by atoms with Crippen molar-refractivity contribution in [3.8, 4) is 0 Å². The number of aromatic nitrogens is 2. The SMILES string of the molecule is OC1C(C(O)C(F)(F)F)C(C(F)(F)F)=NN1c1cnc(C(F)(F)F)nc1. The van der Waals surface area contributed by atoms with Crippen LogP contribution in [0.2, 0.25) is 0 Å². The molecular weight excluding hydrogens is 391 g/mol. The summed E-state index contributed by atoms with van der Waals surface area (Å²) in [6, 6.07) is 0. The van der Waals surface area contributed by atoms with Crippen molar-refractivity contribution in [2.24, 2.45) is 11.0 Å². The standard InChI is InChI=1S/C11H7F9N4O2/c12-9(13,14)5-4(6(25)10(15,16)17)7(26)24(23-5)3-1-21-8(22-2-3)11(18,19)20/h1-2,4,6-7,25-26H. The topological polar surface area (TPSA) is 81.8 Å². The van der Waals surface area contributed by atoms with Crippen LogP contribution < -0.4 is 5.01 Å². The maximum atomic E-state index is 12.9. The molecule has 0 spiro atoms. The lowest BCUT2D eigenvalue weighted by atomic mass is 9.94. The summed E-state index contributed by atoms with van der Waals surface area (Å²) in [5, 5.41) is 21.6. The number of alkyl halides is 9. The molecule has 0 aromatic carbocycles. The Morgan fingerprint density at radius 1 is 0.923 bits per heavy atom. The quantitative estimate of drug-likeness (QED) is 0.746. The second-order valence-electron chi connectivity index (χ2n) is 5.02. The van der Waals surface area contributed by atoms with Gasteiger partial charge in [-0.2, -0.15) is 44.6 Å². The Morgan fingerprint density at radius 2 is 1.42 bits per heavy atom. The highest BCUT2D eigenvalue weighted by Gasteiger charge is 2.59. The van der Waals surface area contributed by atoms with E-state index in [1.165, 1.54) is 0 Å². The number of aliphatic hydroxyl groups is 2. The molecule has 0 fully saturated rings. The molecule has 2 heterocycles. The average Bonchev–Trinajstić information content (AvgIpc) is 2.82. The van der Waals surface area contributed by atoms with Crippen LogP contribution in [0.3, 0.4) is 0 Å². The summed E-state index contributed by atoms with van der Waals surface area (Å²) >= 11 is 0. The molecule has 2 N–H and O–H groups in total. The third-order valence-corrected chi connectivity index (χ3v) is 3.23. The van der Waals surface area contributed by atoms with Crippen LogP contribution in [0.5, 0.6) is 0 Å². The molecule has 6 nitrogen and oxygen atoms in total. The van der Waals surface area contributed by atoms with Gasteiger partial charge in [-0.15, -0.1) is 0 Å². The molecule has 1 aliphatic heterocycles. The predicted octanol–water partition coefficient (Wildman–Crippen LogP) is 2.09. The summed E-state index contributed by atoms with van der Waals surface area (Å²) in [6.45, 7) is 0. The van der Waals surface area contributed by atoms with Crippen LogP contribution in [-0.2, 0) is 6.18 Å². The minimum Gasteiger partial charge on any atom is -0.383 e. The number of hydrazone groups is 1. The normalized spacial score (nSPS) is 23.2. The Hall–Kier alpha value is -2.16. The van der Waals surface area contributed by atoms with Gasteiger partial charge in [0.25, 0.3) is 0 Å². The molecule has 1 aliphatic rings. The van der Waals surface area contributed by atoms with Crippen molar-refractivity contribution in [3.05, 3.63) is 18.2 Å². The van der Waals surface area contributed by atoms with Crippen LogP contribution in [0.15, 0.2) is 17.5 Å². The van der Waals surface area contributed by atoms with E-state index in [0.717, 1.165) is 0 Å². The molecular formula is C11H7F9N4O2. The minimum atomic E-state index is -5.52. The van der Waals surface area contributed by atoms with Gasteiger partial charge in [0.05, 0.1) is 24.0 Å². The molecule has 1 aromatic rings. The average molecular weight is 398 g/mol. The fourth-order valence-electron chi connectivity index (χ4n) is 2.09. The van der Waals surface area contributed by atoms with E-state index in [2.05, 4.69) is 15.1 Å². The van der Waals surface area contributed by atoms with Crippen molar-refractivity contribution in [2.75, 3.05) is 5.01 Å². The van der Waals surface area contributed by atoms with Crippen molar-refractivity contribution in [1.82, 2.24) is 9.97 Å². The van der Waals surface area contributed by atoms with E-state index in [9.17, 15) is 44.6 Å². The zero-order chi connectivity index (χ0) is 20.1. The maximum Gasteiger partial charge on any atom is 0.451 e. The first-order valence-electron chi connectivity index (χ1n) is 6.41. The monoisotopic (exact) mass is 398 g/mol. The molecule has 15 heteroatoms. The molecule has 0 saturated heterocycles. The number of hydrogen-bond acceptors (Lipinski definition) is 6. The van der Waals surface area contributed by atoms with Gasteiger partial charge in [-0.05, 0) is 0 Å². The highest BCUT2D eigenvalue weighted by Crippen LogP contribution is 2.39. The van der Waals surface area contributed by atoms with Gasteiger partial charge in [0.1, 0.15) is 0 Å². The summed E-state index contributed by atoms with van der Waals surface area (Å²) in [7, 11) is 0. The van der Waals surface area contributed by atoms with Crippen LogP contribution >= 0.6 is 0 Å². The second-order valence-corrected chi connectivity index (χ2v) is 5.02. The van der Waals surface area contributed by atoms with Crippen LogP contribution in [0, 0.1) is 5.92 Å². The number of rotatable bonds is 2. The summed E-state index contributed by atoms with van der Waals surface area (Å²) in [5.41, 5.74) is -2.90. The van der Waals surface area contributed by atoms with E-state index in [1.807, 2.05) is 0 Å². The maximum absolute atomic E-state index is 12.9. The summed E-state index contributed by atoms with van der Waals surface area (Å²) in [4.78, 5) is 5.62. The molecule has 0 radical (unpaired) electrons. The van der Waals surface area contributed by atoms with Crippen molar-refractivity contribution in [2.45, 2.75) is 30.9 Å². The van der Waals surface area contributed by atoms with Crippen LogP contribution in [-0.4, -0.2) is 50.6 Å². The Labute approximate surface area is 137 Å². The molecule has 146 valence electrons.